The highest BCUT2D eigenvalue weighted by Crippen LogP contribution is 2.33. The molecule has 2 heterocycles. The molecule has 1 aliphatic carbocycles. The topological polar surface area (TPSA) is 30.3 Å². The van der Waals surface area contributed by atoms with E-state index in [1.54, 1.807) is 0 Å². The summed E-state index contributed by atoms with van der Waals surface area (Å²) in [6.07, 6.45) is 2.83. The maximum Gasteiger partial charge on any atom is 1.00 e. The standard InChI is InChI=1S/C15H19N3O.ClH/c1-17(11-6-7-11)10-14-15-12-4-2-3-5-13(12)16-18(15)8-9-19-14;/h2-5,11,14H,6-10H2,1H3;1H. The molecular formula is C15H20ClN3O. The van der Waals surface area contributed by atoms with Gasteiger partial charge in [0.05, 0.1) is 24.4 Å². The van der Waals surface area contributed by atoms with Crippen LogP contribution >= 0.6 is 0 Å². The molecule has 1 aromatic heterocycles. The molecule has 0 saturated heterocycles. The van der Waals surface area contributed by atoms with E-state index in [4.69, 9.17) is 4.74 Å². The van der Waals surface area contributed by atoms with Gasteiger partial charge in [0.15, 0.2) is 0 Å². The van der Waals surface area contributed by atoms with Crippen LogP contribution in [0.2, 0.25) is 0 Å². The Labute approximate surface area is 126 Å². The minimum atomic E-state index is 0. The molecule has 20 heavy (non-hydrogen) atoms. The number of hydrogen-bond acceptors (Lipinski definition) is 3. The molecule has 0 N–H and O–H groups in total. The van der Waals surface area contributed by atoms with E-state index < -0.39 is 0 Å². The molecule has 5 heteroatoms. The summed E-state index contributed by atoms with van der Waals surface area (Å²) in [5.74, 6) is 0. The van der Waals surface area contributed by atoms with Gasteiger partial charge in [-0.1, -0.05) is 18.2 Å². The van der Waals surface area contributed by atoms with Crippen molar-refractivity contribution in [2.24, 2.45) is 0 Å². The third-order valence-electron chi connectivity index (χ3n) is 4.24. The number of benzene rings is 1. The zero-order chi connectivity index (χ0) is 12.8. The molecule has 1 unspecified atom stereocenters. The Morgan fingerprint density at radius 2 is 2.20 bits per heavy atom. The molecule has 4 nitrogen and oxygen atoms in total. The molecule has 2 aromatic rings. The molecule has 0 spiro atoms. The number of fused-ring (bicyclic) bond motifs is 3. The minimum Gasteiger partial charge on any atom is -1.00 e. The van der Waals surface area contributed by atoms with Crippen molar-refractivity contribution in [1.82, 2.24) is 14.7 Å². The highest BCUT2D eigenvalue weighted by Gasteiger charge is 2.31. The van der Waals surface area contributed by atoms with E-state index >= 15 is 0 Å². The van der Waals surface area contributed by atoms with Gasteiger partial charge in [0, 0.05) is 18.0 Å². The first kappa shape index (κ1) is 13.9. The highest BCUT2D eigenvalue weighted by atomic mass is 35.5. The second-order valence-electron chi connectivity index (χ2n) is 5.66. The summed E-state index contributed by atoms with van der Waals surface area (Å²) in [5, 5.41) is 5.94. The molecule has 1 saturated carbocycles. The number of nitrogens with zero attached hydrogens (tertiary/aromatic N) is 3. The molecule has 2 aliphatic rings. The summed E-state index contributed by atoms with van der Waals surface area (Å²) in [5.41, 5.74) is 2.34. The maximum atomic E-state index is 6.02. The van der Waals surface area contributed by atoms with Crippen molar-refractivity contribution >= 4 is 10.9 Å². The summed E-state index contributed by atoms with van der Waals surface area (Å²) in [4.78, 5) is 2.43. The van der Waals surface area contributed by atoms with Gasteiger partial charge in [-0.2, -0.15) is 5.10 Å². The Morgan fingerprint density at radius 3 is 3.00 bits per heavy atom. The second kappa shape index (κ2) is 5.35. The lowest BCUT2D eigenvalue weighted by Gasteiger charge is -2.28. The average molecular weight is 294 g/mol. The molecular weight excluding hydrogens is 274 g/mol. The number of aromatic nitrogens is 2. The fraction of sp³-hybridized carbons (Fsp3) is 0.533. The first-order valence-corrected chi connectivity index (χ1v) is 7.10. The van der Waals surface area contributed by atoms with Gasteiger partial charge in [-0.25, -0.2) is 0 Å². The summed E-state index contributed by atoms with van der Waals surface area (Å²) >= 11 is 0. The van der Waals surface area contributed by atoms with Crippen molar-refractivity contribution in [3.05, 3.63) is 30.0 Å². The smallest absolute Gasteiger partial charge is 1.00 e. The van der Waals surface area contributed by atoms with Crippen LogP contribution in [0.1, 0.15) is 26.1 Å². The fourth-order valence-electron chi connectivity index (χ4n) is 3.04. The summed E-state index contributed by atoms with van der Waals surface area (Å²) in [7, 11) is 2.21. The van der Waals surface area contributed by atoms with Crippen LogP contribution in [0.15, 0.2) is 24.3 Å². The number of halogens is 1. The second-order valence-corrected chi connectivity index (χ2v) is 5.66. The normalized spacial score (nSPS) is 21.8. The van der Waals surface area contributed by atoms with E-state index in [1.807, 2.05) is 6.07 Å². The molecule has 1 atom stereocenters. The van der Waals surface area contributed by atoms with E-state index in [-0.39, 0.29) is 19.9 Å². The maximum absolute atomic E-state index is 6.02. The van der Waals surface area contributed by atoms with Crippen molar-refractivity contribution in [3.8, 4) is 0 Å². The van der Waals surface area contributed by atoms with Gasteiger partial charge in [-0.05, 0) is 26.0 Å². The van der Waals surface area contributed by atoms with E-state index in [2.05, 4.69) is 39.9 Å². The van der Waals surface area contributed by atoms with Crippen LogP contribution < -0.4 is 12.4 Å². The Balaban J connectivity index is 0.000000807. The van der Waals surface area contributed by atoms with E-state index in [0.29, 0.717) is 0 Å². The minimum absolute atomic E-state index is 0. The third kappa shape index (κ3) is 2.32. The van der Waals surface area contributed by atoms with Gasteiger partial charge in [0.25, 0.3) is 0 Å². The zero-order valence-corrected chi connectivity index (χ0v) is 12.4. The molecule has 1 fully saturated rings. The van der Waals surface area contributed by atoms with Gasteiger partial charge < -0.3 is 22.0 Å². The van der Waals surface area contributed by atoms with Gasteiger partial charge in [0.2, 0.25) is 0 Å². The third-order valence-corrected chi connectivity index (χ3v) is 4.24. The zero-order valence-electron chi connectivity index (χ0n) is 12.6. The lowest BCUT2D eigenvalue weighted by molar-refractivity contribution is -0.00152. The summed E-state index contributed by atoms with van der Waals surface area (Å²) < 4.78 is 8.16. The van der Waals surface area contributed by atoms with Crippen LogP contribution in [0, 0.1) is 0 Å². The van der Waals surface area contributed by atoms with E-state index in [0.717, 1.165) is 31.3 Å². The Hall–Kier alpha value is -1.10. The Kier molecular flexibility index (Phi) is 3.71. The predicted molar refractivity (Wildman–Crippen MR) is 75.2 cm³/mol. The fourth-order valence-corrected chi connectivity index (χ4v) is 3.04. The predicted octanol–water partition coefficient (Wildman–Crippen LogP) is -0.682. The SMILES string of the molecule is CN(CC1OCCn2nc3ccccc3c21)C1CC1.[Cl-].[H+]. The van der Waals surface area contributed by atoms with Gasteiger partial charge >= 0.3 is 1.43 Å². The molecule has 4 rings (SSSR count). The molecule has 0 radical (unpaired) electrons. The van der Waals surface area contributed by atoms with Crippen LogP contribution in [-0.2, 0) is 11.3 Å². The quantitative estimate of drug-likeness (QED) is 0.751. The number of ether oxygens (including phenoxy) is 1. The Morgan fingerprint density at radius 1 is 1.40 bits per heavy atom. The number of likely N-dealkylation sites (N-methyl/N-ethyl adjacent to an activating group) is 1. The Bertz CT molecular complexity index is 614. The summed E-state index contributed by atoms with van der Waals surface area (Å²) in [6.45, 7) is 2.61. The van der Waals surface area contributed by atoms with Crippen molar-refractivity contribution in [2.75, 3.05) is 20.2 Å². The first-order valence-electron chi connectivity index (χ1n) is 7.10. The molecule has 0 bridgehead atoms. The van der Waals surface area contributed by atoms with E-state index in [9.17, 15) is 0 Å². The largest absolute Gasteiger partial charge is 1.00 e. The lowest BCUT2D eigenvalue weighted by atomic mass is 10.1. The van der Waals surface area contributed by atoms with Crippen molar-refractivity contribution in [1.29, 1.82) is 0 Å². The van der Waals surface area contributed by atoms with E-state index in [1.165, 1.54) is 23.9 Å². The van der Waals surface area contributed by atoms with Crippen LogP contribution in [0.4, 0.5) is 0 Å². The van der Waals surface area contributed by atoms with Crippen molar-refractivity contribution < 1.29 is 18.6 Å². The van der Waals surface area contributed by atoms with Crippen LogP contribution in [-0.4, -0.2) is 40.9 Å². The molecule has 108 valence electrons. The van der Waals surface area contributed by atoms with Gasteiger partial charge in [-0.3, -0.25) is 4.68 Å². The van der Waals surface area contributed by atoms with Gasteiger partial charge in [-0.15, -0.1) is 0 Å². The first-order chi connectivity index (χ1) is 9.33. The molecule has 1 aliphatic heterocycles. The number of hydrogen-bond donors (Lipinski definition) is 0. The average Bonchev–Trinajstić information content (AvgIpc) is 3.19. The van der Waals surface area contributed by atoms with Gasteiger partial charge in [0.1, 0.15) is 6.10 Å². The highest BCUT2D eigenvalue weighted by molar-refractivity contribution is 5.82. The van der Waals surface area contributed by atoms with Crippen LogP contribution in [0.25, 0.3) is 10.9 Å². The summed E-state index contributed by atoms with van der Waals surface area (Å²) in [6, 6.07) is 9.15. The van der Waals surface area contributed by atoms with Crippen molar-refractivity contribution in [2.45, 2.75) is 31.5 Å². The van der Waals surface area contributed by atoms with Crippen LogP contribution in [0.5, 0.6) is 0 Å². The molecule has 1 aromatic carbocycles. The van der Waals surface area contributed by atoms with Crippen LogP contribution in [0.3, 0.4) is 0 Å². The van der Waals surface area contributed by atoms with Crippen molar-refractivity contribution in [3.63, 3.8) is 0 Å². The molecule has 0 amide bonds. The monoisotopic (exact) mass is 293 g/mol. The number of rotatable bonds is 3. The lowest BCUT2D eigenvalue weighted by Crippen LogP contribution is -3.00.